The average Bonchev–Trinajstić information content (AvgIpc) is 2.48. The van der Waals surface area contributed by atoms with Gasteiger partial charge in [-0.2, -0.15) is 0 Å². The number of nitrogens with two attached hydrogens (primary N) is 1. The summed E-state index contributed by atoms with van der Waals surface area (Å²) in [6, 6.07) is 10.4. The molecule has 1 heterocycles. The fourth-order valence-corrected chi connectivity index (χ4v) is 2.84. The highest BCUT2D eigenvalue weighted by molar-refractivity contribution is 14.0. The summed E-state index contributed by atoms with van der Waals surface area (Å²) in [6.45, 7) is 7.38. The maximum absolute atomic E-state index is 5.90. The largest absolute Gasteiger partial charge is 0.370 e. The van der Waals surface area contributed by atoms with E-state index in [1.54, 1.807) is 0 Å². The first kappa shape index (κ1) is 19.2. The van der Waals surface area contributed by atoms with E-state index < -0.39 is 0 Å². The number of halogens is 1. The van der Waals surface area contributed by atoms with Crippen molar-refractivity contribution in [3.63, 3.8) is 0 Å². The third kappa shape index (κ3) is 7.45. The standard InChI is InChI=1S/C17H28N4.HI/c1-15-6-5-12-21(14-15)13-11-20-17(18)19-10-9-16-7-3-2-4-8-16;/h2-4,7-8,15H,5-6,9-14H2,1H3,(H3,18,19,20);1H. The molecule has 1 atom stereocenters. The molecule has 1 aromatic rings. The molecule has 124 valence electrons. The molecule has 0 aromatic heterocycles. The van der Waals surface area contributed by atoms with Crippen molar-refractivity contribution in [3.8, 4) is 0 Å². The summed E-state index contributed by atoms with van der Waals surface area (Å²) in [5.74, 6) is 1.39. The Balaban J connectivity index is 0.00000242. The molecule has 0 spiro atoms. The number of likely N-dealkylation sites (tertiary alicyclic amines) is 1. The van der Waals surface area contributed by atoms with Crippen LogP contribution in [0.2, 0.25) is 0 Å². The Morgan fingerprint density at radius 1 is 1.36 bits per heavy atom. The molecule has 1 fully saturated rings. The number of guanidine groups is 1. The first-order valence-corrected chi connectivity index (χ1v) is 8.04. The van der Waals surface area contributed by atoms with Crippen molar-refractivity contribution in [1.82, 2.24) is 10.2 Å². The fourth-order valence-electron chi connectivity index (χ4n) is 2.84. The Bertz CT molecular complexity index is 436. The van der Waals surface area contributed by atoms with Crippen molar-refractivity contribution in [2.24, 2.45) is 16.6 Å². The fraction of sp³-hybridized carbons (Fsp3) is 0.588. The highest BCUT2D eigenvalue weighted by atomic mass is 127. The molecule has 1 aliphatic heterocycles. The molecule has 4 nitrogen and oxygen atoms in total. The van der Waals surface area contributed by atoms with Gasteiger partial charge in [0.05, 0.1) is 6.54 Å². The minimum absolute atomic E-state index is 0. The van der Waals surface area contributed by atoms with Gasteiger partial charge in [0.15, 0.2) is 5.96 Å². The predicted octanol–water partition coefficient (Wildman–Crippen LogP) is 2.48. The monoisotopic (exact) mass is 416 g/mol. The van der Waals surface area contributed by atoms with Crippen molar-refractivity contribution in [2.45, 2.75) is 26.2 Å². The maximum Gasteiger partial charge on any atom is 0.188 e. The normalized spacial score (nSPS) is 19.5. The molecule has 1 unspecified atom stereocenters. The molecule has 22 heavy (non-hydrogen) atoms. The number of piperidine rings is 1. The van der Waals surface area contributed by atoms with E-state index in [9.17, 15) is 0 Å². The lowest BCUT2D eigenvalue weighted by atomic mass is 10.0. The van der Waals surface area contributed by atoms with E-state index in [0.29, 0.717) is 5.96 Å². The highest BCUT2D eigenvalue weighted by Gasteiger charge is 2.15. The smallest absolute Gasteiger partial charge is 0.188 e. The molecular weight excluding hydrogens is 387 g/mol. The molecule has 5 heteroatoms. The van der Waals surface area contributed by atoms with Crippen molar-refractivity contribution < 1.29 is 0 Å². The Hall–Kier alpha value is -0.820. The third-order valence-corrected chi connectivity index (χ3v) is 4.00. The maximum atomic E-state index is 5.90. The van der Waals surface area contributed by atoms with Crippen LogP contribution in [-0.2, 0) is 6.42 Å². The zero-order valence-corrected chi connectivity index (χ0v) is 15.8. The number of hydrogen-bond acceptors (Lipinski definition) is 2. The number of aliphatic imine (C=N–C) groups is 1. The molecule has 1 aliphatic rings. The van der Waals surface area contributed by atoms with Crippen LogP contribution in [-0.4, -0.2) is 43.6 Å². The SMILES string of the molecule is CC1CCCN(CCN=C(N)NCCc2ccccc2)C1.I. The number of nitrogens with zero attached hydrogens (tertiary/aromatic N) is 2. The molecule has 0 saturated carbocycles. The lowest BCUT2D eigenvalue weighted by Gasteiger charge is -2.30. The number of rotatable bonds is 6. The van der Waals surface area contributed by atoms with Crippen LogP contribution in [0.3, 0.4) is 0 Å². The Labute approximate surface area is 151 Å². The average molecular weight is 416 g/mol. The number of hydrogen-bond donors (Lipinski definition) is 2. The minimum Gasteiger partial charge on any atom is -0.370 e. The molecule has 0 radical (unpaired) electrons. The van der Waals surface area contributed by atoms with E-state index in [2.05, 4.69) is 46.4 Å². The van der Waals surface area contributed by atoms with Gasteiger partial charge in [0, 0.05) is 19.6 Å². The summed E-state index contributed by atoms with van der Waals surface area (Å²) in [7, 11) is 0. The Kier molecular flexibility index (Phi) is 9.47. The van der Waals surface area contributed by atoms with Gasteiger partial charge in [-0.3, -0.25) is 4.99 Å². The molecule has 0 bridgehead atoms. The molecule has 1 aromatic carbocycles. The molecule has 0 aliphatic carbocycles. The zero-order valence-electron chi connectivity index (χ0n) is 13.5. The predicted molar refractivity (Wildman–Crippen MR) is 105 cm³/mol. The van der Waals surface area contributed by atoms with Crippen LogP contribution in [0.1, 0.15) is 25.3 Å². The first-order valence-electron chi connectivity index (χ1n) is 8.04. The zero-order chi connectivity index (χ0) is 14.9. The molecule has 1 saturated heterocycles. The highest BCUT2D eigenvalue weighted by Crippen LogP contribution is 2.14. The van der Waals surface area contributed by atoms with E-state index in [0.717, 1.165) is 32.0 Å². The van der Waals surface area contributed by atoms with Gasteiger partial charge in [-0.25, -0.2) is 0 Å². The van der Waals surface area contributed by atoms with Gasteiger partial charge >= 0.3 is 0 Å². The minimum atomic E-state index is 0. The number of nitrogens with one attached hydrogen (secondary N) is 1. The van der Waals surface area contributed by atoms with Gasteiger partial charge in [0.25, 0.3) is 0 Å². The van der Waals surface area contributed by atoms with Crippen LogP contribution >= 0.6 is 24.0 Å². The topological polar surface area (TPSA) is 53.6 Å². The summed E-state index contributed by atoms with van der Waals surface area (Å²) in [4.78, 5) is 6.91. The summed E-state index contributed by atoms with van der Waals surface area (Å²) in [5.41, 5.74) is 7.22. The summed E-state index contributed by atoms with van der Waals surface area (Å²) < 4.78 is 0. The van der Waals surface area contributed by atoms with Gasteiger partial charge in [-0.15, -0.1) is 24.0 Å². The van der Waals surface area contributed by atoms with Crippen molar-refractivity contribution in [3.05, 3.63) is 35.9 Å². The van der Waals surface area contributed by atoms with Gasteiger partial charge in [-0.05, 0) is 37.3 Å². The quantitative estimate of drug-likeness (QED) is 0.426. The van der Waals surface area contributed by atoms with E-state index >= 15 is 0 Å². The van der Waals surface area contributed by atoms with Crippen LogP contribution in [0.5, 0.6) is 0 Å². The summed E-state index contributed by atoms with van der Waals surface area (Å²) in [5, 5.41) is 3.19. The van der Waals surface area contributed by atoms with Crippen LogP contribution < -0.4 is 11.1 Å². The van der Waals surface area contributed by atoms with Crippen LogP contribution in [0.25, 0.3) is 0 Å². The van der Waals surface area contributed by atoms with Crippen molar-refractivity contribution in [2.75, 3.05) is 32.7 Å². The molecule has 2 rings (SSSR count). The Morgan fingerprint density at radius 2 is 2.14 bits per heavy atom. The van der Waals surface area contributed by atoms with Gasteiger partial charge < -0.3 is 16.0 Å². The van der Waals surface area contributed by atoms with Crippen LogP contribution in [0, 0.1) is 5.92 Å². The lowest BCUT2D eigenvalue weighted by Crippen LogP contribution is -2.37. The van der Waals surface area contributed by atoms with Crippen molar-refractivity contribution in [1.29, 1.82) is 0 Å². The summed E-state index contributed by atoms with van der Waals surface area (Å²) >= 11 is 0. The van der Waals surface area contributed by atoms with E-state index in [-0.39, 0.29) is 24.0 Å². The Morgan fingerprint density at radius 3 is 2.86 bits per heavy atom. The van der Waals surface area contributed by atoms with E-state index in [1.807, 2.05) is 6.07 Å². The van der Waals surface area contributed by atoms with Crippen LogP contribution in [0.15, 0.2) is 35.3 Å². The second-order valence-electron chi connectivity index (χ2n) is 5.98. The lowest BCUT2D eigenvalue weighted by molar-refractivity contribution is 0.189. The third-order valence-electron chi connectivity index (χ3n) is 4.00. The summed E-state index contributed by atoms with van der Waals surface area (Å²) in [6.07, 6.45) is 3.65. The first-order chi connectivity index (χ1) is 10.2. The van der Waals surface area contributed by atoms with Gasteiger partial charge in [-0.1, -0.05) is 37.3 Å². The molecule has 0 amide bonds. The van der Waals surface area contributed by atoms with Crippen molar-refractivity contribution >= 4 is 29.9 Å². The molecular formula is C17H29IN4. The van der Waals surface area contributed by atoms with Gasteiger partial charge in [0.2, 0.25) is 0 Å². The molecule has 3 N–H and O–H groups in total. The number of benzene rings is 1. The van der Waals surface area contributed by atoms with Gasteiger partial charge in [0.1, 0.15) is 0 Å². The van der Waals surface area contributed by atoms with E-state index in [1.165, 1.54) is 31.5 Å². The van der Waals surface area contributed by atoms with E-state index in [4.69, 9.17) is 5.73 Å². The van der Waals surface area contributed by atoms with Crippen LogP contribution in [0.4, 0.5) is 0 Å². The second kappa shape index (κ2) is 10.8. The second-order valence-corrected chi connectivity index (χ2v) is 5.98.